The number of aliphatic carboxylic acids is 1. The third-order valence-electron chi connectivity index (χ3n) is 4.20. The zero-order chi connectivity index (χ0) is 13.2. The average Bonchev–Trinajstić information content (AvgIpc) is 2.79. The zero-order valence-electron chi connectivity index (χ0n) is 10.5. The molecule has 0 aliphatic heterocycles. The second-order valence-corrected chi connectivity index (χ2v) is 7.46. The van der Waals surface area contributed by atoms with E-state index >= 15 is 0 Å². The molecule has 2 aliphatic carbocycles. The van der Waals surface area contributed by atoms with E-state index in [1.807, 2.05) is 0 Å². The van der Waals surface area contributed by atoms with Crippen LogP contribution in [0.1, 0.15) is 57.8 Å². The highest BCUT2D eigenvalue weighted by molar-refractivity contribution is 7.90. The first kappa shape index (κ1) is 13.8. The van der Waals surface area contributed by atoms with Crippen LogP contribution in [-0.2, 0) is 14.8 Å². The molecule has 0 aromatic heterocycles. The van der Waals surface area contributed by atoms with Gasteiger partial charge in [0.1, 0.15) is 5.54 Å². The molecule has 104 valence electrons. The third kappa shape index (κ3) is 2.69. The molecule has 6 heteroatoms. The molecule has 2 fully saturated rings. The summed E-state index contributed by atoms with van der Waals surface area (Å²) in [5.74, 6) is -1.03. The van der Waals surface area contributed by atoms with E-state index in [9.17, 15) is 18.3 Å². The number of rotatable bonds is 4. The van der Waals surface area contributed by atoms with Gasteiger partial charge in [-0.3, -0.25) is 4.79 Å². The highest BCUT2D eigenvalue weighted by atomic mass is 32.2. The summed E-state index contributed by atoms with van der Waals surface area (Å²) in [7, 11) is -3.50. The molecule has 18 heavy (non-hydrogen) atoms. The second-order valence-electron chi connectivity index (χ2n) is 5.50. The van der Waals surface area contributed by atoms with Crippen LogP contribution in [0, 0.1) is 0 Å². The smallest absolute Gasteiger partial charge is 0.324 e. The van der Waals surface area contributed by atoms with Crippen molar-refractivity contribution >= 4 is 16.0 Å². The monoisotopic (exact) mass is 275 g/mol. The minimum absolute atomic E-state index is 0.400. The quantitative estimate of drug-likeness (QED) is 0.817. The van der Waals surface area contributed by atoms with Gasteiger partial charge in [0.2, 0.25) is 10.0 Å². The van der Waals surface area contributed by atoms with Crippen LogP contribution < -0.4 is 4.72 Å². The zero-order valence-corrected chi connectivity index (χ0v) is 11.3. The van der Waals surface area contributed by atoms with E-state index in [-0.39, 0.29) is 0 Å². The molecule has 2 aliphatic rings. The Morgan fingerprint density at radius 2 is 1.61 bits per heavy atom. The van der Waals surface area contributed by atoms with Crippen molar-refractivity contribution in [3.63, 3.8) is 0 Å². The Bertz CT molecular complexity index is 406. The molecular weight excluding hydrogens is 254 g/mol. The van der Waals surface area contributed by atoms with E-state index in [0.717, 1.165) is 32.1 Å². The van der Waals surface area contributed by atoms with Gasteiger partial charge in [-0.1, -0.05) is 32.1 Å². The summed E-state index contributed by atoms with van der Waals surface area (Å²) in [6.07, 6.45) is 6.62. The van der Waals surface area contributed by atoms with Gasteiger partial charge in [0.25, 0.3) is 0 Å². The van der Waals surface area contributed by atoms with Crippen molar-refractivity contribution in [2.24, 2.45) is 0 Å². The van der Waals surface area contributed by atoms with Crippen molar-refractivity contribution in [3.05, 3.63) is 0 Å². The van der Waals surface area contributed by atoms with Crippen molar-refractivity contribution < 1.29 is 18.3 Å². The van der Waals surface area contributed by atoms with Crippen molar-refractivity contribution in [1.82, 2.24) is 4.72 Å². The number of hydrogen-bond acceptors (Lipinski definition) is 3. The second kappa shape index (κ2) is 5.17. The molecular formula is C12H21NO4S. The molecule has 0 heterocycles. The van der Waals surface area contributed by atoms with Crippen molar-refractivity contribution in [3.8, 4) is 0 Å². The number of hydrogen-bond donors (Lipinski definition) is 2. The summed E-state index contributed by atoms with van der Waals surface area (Å²) in [4.78, 5) is 11.4. The summed E-state index contributed by atoms with van der Waals surface area (Å²) in [6.45, 7) is 0. The van der Waals surface area contributed by atoms with E-state index in [4.69, 9.17) is 0 Å². The Hall–Kier alpha value is -0.620. The first-order valence-corrected chi connectivity index (χ1v) is 8.27. The van der Waals surface area contributed by atoms with Crippen LogP contribution in [0.15, 0.2) is 0 Å². The molecule has 0 aromatic rings. The molecule has 2 rings (SSSR count). The summed E-state index contributed by atoms with van der Waals surface area (Å²) in [6, 6.07) is 0. The fourth-order valence-electron chi connectivity index (χ4n) is 3.07. The van der Waals surface area contributed by atoms with E-state index in [1.54, 1.807) is 0 Å². The number of sulfonamides is 1. The van der Waals surface area contributed by atoms with Gasteiger partial charge in [-0.15, -0.1) is 0 Å². The van der Waals surface area contributed by atoms with E-state index in [1.165, 1.54) is 0 Å². The van der Waals surface area contributed by atoms with Crippen LogP contribution in [0.4, 0.5) is 0 Å². The molecule has 0 aromatic carbocycles. The van der Waals surface area contributed by atoms with Gasteiger partial charge in [-0.2, -0.15) is 4.72 Å². The van der Waals surface area contributed by atoms with Gasteiger partial charge in [0.05, 0.1) is 5.25 Å². The van der Waals surface area contributed by atoms with Gasteiger partial charge >= 0.3 is 5.97 Å². The predicted octanol–water partition coefficient (Wildman–Crippen LogP) is 1.64. The fraction of sp³-hybridized carbons (Fsp3) is 0.917. The highest BCUT2D eigenvalue weighted by Gasteiger charge is 2.46. The molecule has 2 N–H and O–H groups in total. The maximum Gasteiger partial charge on any atom is 0.324 e. The summed E-state index contributed by atoms with van der Waals surface area (Å²) >= 11 is 0. The van der Waals surface area contributed by atoms with Crippen LogP contribution in [0.25, 0.3) is 0 Å². The van der Waals surface area contributed by atoms with Crippen LogP contribution >= 0.6 is 0 Å². The number of nitrogens with one attached hydrogen (secondary N) is 1. The molecule has 0 unspecified atom stereocenters. The normalized spacial score (nSPS) is 25.1. The van der Waals surface area contributed by atoms with E-state index < -0.39 is 26.8 Å². The van der Waals surface area contributed by atoms with Crippen molar-refractivity contribution in [2.45, 2.75) is 68.6 Å². The SMILES string of the molecule is O=C(O)C1(NS(=O)(=O)C2CCCCC2)CCCC1. The Kier molecular flexibility index (Phi) is 3.96. The maximum absolute atomic E-state index is 12.3. The molecule has 0 spiro atoms. The van der Waals surface area contributed by atoms with Crippen molar-refractivity contribution in [2.75, 3.05) is 0 Å². The minimum Gasteiger partial charge on any atom is -0.480 e. The lowest BCUT2D eigenvalue weighted by molar-refractivity contribution is -0.143. The minimum atomic E-state index is -3.50. The molecule has 0 amide bonds. The van der Waals surface area contributed by atoms with Gasteiger partial charge in [-0.25, -0.2) is 8.42 Å². The van der Waals surface area contributed by atoms with Gasteiger partial charge in [-0.05, 0) is 25.7 Å². The predicted molar refractivity (Wildman–Crippen MR) is 67.8 cm³/mol. The third-order valence-corrected chi connectivity index (χ3v) is 6.22. The average molecular weight is 275 g/mol. The Morgan fingerprint density at radius 3 is 2.11 bits per heavy atom. The Labute approximate surface area is 108 Å². The fourth-order valence-corrected chi connectivity index (χ4v) is 5.03. The molecule has 0 atom stereocenters. The summed E-state index contributed by atoms with van der Waals surface area (Å²) < 4.78 is 27.1. The molecule has 0 radical (unpaired) electrons. The maximum atomic E-state index is 12.3. The number of carboxylic acids is 1. The molecule has 0 bridgehead atoms. The van der Waals surface area contributed by atoms with Crippen LogP contribution in [0.3, 0.4) is 0 Å². The standard InChI is InChI=1S/C12H21NO4S/c14-11(15)12(8-4-5-9-12)13-18(16,17)10-6-2-1-3-7-10/h10,13H,1-9H2,(H,14,15). The molecule has 0 saturated heterocycles. The lowest BCUT2D eigenvalue weighted by Crippen LogP contribution is -2.54. The van der Waals surface area contributed by atoms with Crippen LogP contribution in [0.2, 0.25) is 0 Å². The number of carboxylic acid groups (broad SMARTS) is 1. The Balaban J connectivity index is 2.12. The van der Waals surface area contributed by atoms with Gasteiger partial charge in [0.15, 0.2) is 0 Å². The van der Waals surface area contributed by atoms with Gasteiger partial charge in [0, 0.05) is 0 Å². The largest absolute Gasteiger partial charge is 0.480 e. The van der Waals surface area contributed by atoms with E-state index in [0.29, 0.717) is 25.7 Å². The lowest BCUT2D eigenvalue weighted by Gasteiger charge is -2.29. The summed E-state index contributed by atoms with van der Waals surface area (Å²) in [5, 5.41) is 8.90. The van der Waals surface area contributed by atoms with Crippen LogP contribution in [0.5, 0.6) is 0 Å². The molecule has 2 saturated carbocycles. The highest BCUT2D eigenvalue weighted by Crippen LogP contribution is 2.32. The Morgan fingerprint density at radius 1 is 1.06 bits per heavy atom. The number of carbonyl (C=O) groups is 1. The topological polar surface area (TPSA) is 83.5 Å². The van der Waals surface area contributed by atoms with Crippen LogP contribution in [-0.4, -0.2) is 30.3 Å². The van der Waals surface area contributed by atoms with Crippen molar-refractivity contribution in [1.29, 1.82) is 0 Å². The van der Waals surface area contributed by atoms with E-state index in [2.05, 4.69) is 4.72 Å². The summed E-state index contributed by atoms with van der Waals surface area (Å²) in [5.41, 5.74) is -1.24. The van der Waals surface area contributed by atoms with Gasteiger partial charge < -0.3 is 5.11 Å². The lowest BCUT2D eigenvalue weighted by atomic mass is 10.00. The molecule has 5 nitrogen and oxygen atoms in total. The first-order valence-electron chi connectivity index (χ1n) is 6.72. The first-order chi connectivity index (χ1) is 8.46.